The van der Waals surface area contributed by atoms with Crippen molar-refractivity contribution < 1.29 is 4.39 Å². The van der Waals surface area contributed by atoms with E-state index in [1.54, 1.807) is 24.3 Å². The molecule has 1 nitrogen and oxygen atoms in total. The molecule has 1 unspecified atom stereocenters. The van der Waals surface area contributed by atoms with E-state index in [1.807, 2.05) is 24.6 Å². The average Bonchev–Trinajstić information content (AvgIpc) is 2.72. The summed E-state index contributed by atoms with van der Waals surface area (Å²) in [5.74, 6) is -0.113. The summed E-state index contributed by atoms with van der Waals surface area (Å²) in [5.41, 5.74) is 2.56. The summed E-state index contributed by atoms with van der Waals surface area (Å²) >= 11 is 1.69. The van der Waals surface area contributed by atoms with E-state index in [9.17, 15) is 4.39 Å². The van der Waals surface area contributed by atoms with E-state index in [1.165, 1.54) is 4.88 Å². The summed E-state index contributed by atoms with van der Waals surface area (Å²) in [6.45, 7) is 3.87. The Morgan fingerprint density at radius 2 is 1.94 bits per heavy atom. The Balaban J connectivity index is 2.50. The number of halogens is 1. The highest BCUT2D eigenvalue weighted by Gasteiger charge is 2.19. The van der Waals surface area contributed by atoms with Gasteiger partial charge >= 0.3 is 0 Å². The molecular weight excluding hydrogens is 233 g/mol. The fourth-order valence-electron chi connectivity index (χ4n) is 2.07. The van der Waals surface area contributed by atoms with Gasteiger partial charge in [-0.3, -0.25) is 0 Å². The van der Waals surface area contributed by atoms with Gasteiger partial charge in [-0.2, -0.15) is 0 Å². The zero-order chi connectivity index (χ0) is 12.4. The van der Waals surface area contributed by atoms with Gasteiger partial charge in [0.25, 0.3) is 0 Å². The number of hydrogen-bond donors (Lipinski definition) is 1. The van der Waals surface area contributed by atoms with E-state index in [0.29, 0.717) is 11.1 Å². The lowest BCUT2D eigenvalue weighted by Gasteiger charge is -2.18. The van der Waals surface area contributed by atoms with Crippen LogP contribution < -0.4 is 5.32 Å². The first-order valence-electron chi connectivity index (χ1n) is 5.61. The number of aryl methyl sites for hydroxylation is 2. The molecule has 0 amide bonds. The van der Waals surface area contributed by atoms with E-state index in [-0.39, 0.29) is 11.9 Å². The number of nitrogens with one attached hydrogen (secondary N) is 1. The minimum absolute atomic E-state index is 0.0684. The van der Waals surface area contributed by atoms with Crippen LogP contribution in [0.3, 0.4) is 0 Å². The third kappa shape index (κ3) is 2.26. The van der Waals surface area contributed by atoms with Gasteiger partial charge in [-0.1, -0.05) is 18.2 Å². The summed E-state index contributed by atoms with van der Waals surface area (Å²) in [6, 6.07) is 7.54. The molecule has 0 spiro atoms. The highest BCUT2D eigenvalue weighted by atomic mass is 32.1. The predicted octanol–water partition coefficient (Wildman–Crippen LogP) is 3.81. The summed E-state index contributed by atoms with van der Waals surface area (Å²) in [7, 11) is 1.86. The molecule has 0 saturated carbocycles. The fourth-order valence-corrected chi connectivity index (χ4v) is 2.81. The molecule has 1 heterocycles. The van der Waals surface area contributed by atoms with E-state index >= 15 is 0 Å². The summed E-state index contributed by atoms with van der Waals surface area (Å²) < 4.78 is 14.1. The van der Waals surface area contributed by atoms with Crippen molar-refractivity contribution in [1.82, 2.24) is 5.32 Å². The Bertz CT molecular complexity index is 519. The van der Waals surface area contributed by atoms with Crippen LogP contribution in [0.25, 0.3) is 0 Å². The minimum Gasteiger partial charge on any atom is -0.309 e. The van der Waals surface area contributed by atoms with Gasteiger partial charge in [0, 0.05) is 10.4 Å². The predicted molar refractivity (Wildman–Crippen MR) is 71.1 cm³/mol. The summed E-state index contributed by atoms with van der Waals surface area (Å²) in [4.78, 5) is 1.23. The van der Waals surface area contributed by atoms with Crippen LogP contribution in [0.2, 0.25) is 0 Å². The van der Waals surface area contributed by atoms with E-state index in [2.05, 4.69) is 18.3 Å². The van der Waals surface area contributed by atoms with E-state index in [0.717, 1.165) is 5.56 Å². The van der Waals surface area contributed by atoms with E-state index < -0.39 is 0 Å². The molecule has 0 radical (unpaired) electrons. The third-order valence-electron chi connectivity index (χ3n) is 3.03. The number of benzene rings is 1. The lowest BCUT2D eigenvalue weighted by Crippen LogP contribution is -2.19. The molecule has 0 saturated heterocycles. The standard InChI is InChI=1S/C14H16FNS/c1-9-5-4-6-12(13(9)15)14(16-3)11-7-8-17-10(11)2/h4-8,14,16H,1-3H3. The molecule has 2 aromatic rings. The smallest absolute Gasteiger partial charge is 0.131 e. The molecule has 3 heteroatoms. The summed E-state index contributed by atoms with van der Waals surface area (Å²) in [6.07, 6.45) is 0. The van der Waals surface area contributed by atoms with Crippen LogP contribution >= 0.6 is 11.3 Å². The normalized spacial score (nSPS) is 12.7. The fraction of sp³-hybridized carbons (Fsp3) is 0.286. The molecule has 0 aliphatic rings. The Morgan fingerprint density at radius 1 is 1.18 bits per heavy atom. The Hall–Kier alpha value is -1.19. The molecule has 0 fully saturated rings. The second kappa shape index (κ2) is 4.98. The van der Waals surface area contributed by atoms with Crippen LogP contribution in [-0.4, -0.2) is 7.05 Å². The quantitative estimate of drug-likeness (QED) is 0.872. The highest BCUT2D eigenvalue weighted by molar-refractivity contribution is 7.10. The number of thiophene rings is 1. The first-order valence-corrected chi connectivity index (χ1v) is 6.49. The zero-order valence-electron chi connectivity index (χ0n) is 10.3. The molecule has 1 aromatic carbocycles. The zero-order valence-corrected chi connectivity index (χ0v) is 11.1. The number of rotatable bonds is 3. The lowest BCUT2D eigenvalue weighted by atomic mass is 9.97. The van der Waals surface area contributed by atoms with Crippen LogP contribution in [0, 0.1) is 19.7 Å². The number of hydrogen-bond acceptors (Lipinski definition) is 2. The maximum atomic E-state index is 14.1. The molecule has 1 atom stereocenters. The van der Waals surface area contributed by atoms with Crippen LogP contribution in [0.5, 0.6) is 0 Å². The van der Waals surface area contributed by atoms with Gasteiger partial charge in [-0.05, 0) is 43.5 Å². The monoisotopic (exact) mass is 249 g/mol. The van der Waals surface area contributed by atoms with Crippen molar-refractivity contribution in [3.8, 4) is 0 Å². The molecule has 0 bridgehead atoms. The second-order valence-corrected chi connectivity index (χ2v) is 5.25. The van der Waals surface area contributed by atoms with Gasteiger partial charge in [0.1, 0.15) is 5.82 Å². The van der Waals surface area contributed by atoms with Crippen LogP contribution in [0.4, 0.5) is 4.39 Å². The Morgan fingerprint density at radius 3 is 2.53 bits per heavy atom. The first kappa shape index (κ1) is 12.3. The van der Waals surface area contributed by atoms with Crippen LogP contribution in [-0.2, 0) is 0 Å². The molecule has 0 aliphatic heterocycles. The molecule has 17 heavy (non-hydrogen) atoms. The topological polar surface area (TPSA) is 12.0 Å². The van der Waals surface area contributed by atoms with Crippen molar-refractivity contribution in [3.63, 3.8) is 0 Å². The van der Waals surface area contributed by atoms with E-state index in [4.69, 9.17) is 0 Å². The SMILES string of the molecule is CNC(c1ccsc1C)c1cccc(C)c1F. The minimum atomic E-state index is -0.113. The molecule has 1 aromatic heterocycles. The molecule has 0 aliphatic carbocycles. The van der Waals surface area contributed by atoms with Crippen molar-refractivity contribution in [2.24, 2.45) is 0 Å². The molecule has 1 N–H and O–H groups in total. The maximum absolute atomic E-state index is 14.1. The van der Waals surface area contributed by atoms with Gasteiger partial charge < -0.3 is 5.32 Å². The lowest BCUT2D eigenvalue weighted by molar-refractivity contribution is 0.569. The van der Waals surface area contributed by atoms with Crippen molar-refractivity contribution in [1.29, 1.82) is 0 Å². The maximum Gasteiger partial charge on any atom is 0.131 e. The Kier molecular flexibility index (Phi) is 3.60. The van der Waals surface area contributed by atoms with Crippen molar-refractivity contribution in [3.05, 3.63) is 57.0 Å². The van der Waals surface area contributed by atoms with Gasteiger partial charge in [0.2, 0.25) is 0 Å². The van der Waals surface area contributed by atoms with Crippen molar-refractivity contribution in [2.75, 3.05) is 7.05 Å². The van der Waals surface area contributed by atoms with Gasteiger partial charge in [-0.25, -0.2) is 4.39 Å². The van der Waals surface area contributed by atoms with Crippen LogP contribution in [0.15, 0.2) is 29.6 Å². The third-order valence-corrected chi connectivity index (χ3v) is 3.89. The first-order chi connectivity index (χ1) is 8.15. The molecule has 2 rings (SSSR count). The molecular formula is C14H16FNS. The molecule has 90 valence electrons. The Labute approximate surface area is 105 Å². The van der Waals surface area contributed by atoms with Gasteiger partial charge in [0.05, 0.1) is 6.04 Å². The second-order valence-electron chi connectivity index (χ2n) is 4.13. The summed E-state index contributed by atoms with van der Waals surface area (Å²) in [5, 5.41) is 5.24. The van der Waals surface area contributed by atoms with Gasteiger partial charge in [-0.15, -0.1) is 11.3 Å². The largest absolute Gasteiger partial charge is 0.309 e. The van der Waals surface area contributed by atoms with Gasteiger partial charge in [0.15, 0.2) is 0 Å². The average molecular weight is 249 g/mol. The van der Waals surface area contributed by atoms with Crippen molar-refractivity contribution in [2.45, 2.75) is 19.9 Å². The van der Waals surface area contributed by atoms with Crippen molar-refractivity contribution >= 4 is 11.3 Å². The highest BCUT2D eigenvalue weighted by Crippen LogP contribution is 2.30. The van der Waals surface area contributed by atoms with Crippen LogP contribution in [0.1, 0.15) is 27.6 Å².